The van der Waals surface area contributed by atoms with Crippen molar-refractivity contribution in [2.24, 2.45) is 5.73 Å². The number of carbonyl (C=O) groups excluding carboxylic acids is 1. The average molecular weight is 511 g/mol. The summed E-state index contributed by atoms with van der Waals surface area (Å²) in [6.07, 6.45) is 4.19. The lowest BCUT2D eigenvalue weighted by Gasteiger charge is -2.14. The highest BCUT2D eigenvalue weighted by Gasteiger charge is 2.20. The van der Waals surface area contributed by atoms with Gasteiger partial charge in [-0.25, -0.2) is 4.68 Å². The quantitative estimate of drug-likeness (QED) is 0.361. The van der Waals surface area contributed by atoms with Gasteiger partial charge in [-0.3, -0.25) is 14.2 Å². The van der Waals surface area contributed by atoms with Gasteiger partial charge in [0.25, 0.3) is 11.5 Å². The summed E-state index contributed by atoms with van der Waals surface area (Å²) in [6, 6.07) is 17.6. The van der Waals surface area contributed by atoms with E-state index in [1.807, 2.05) is 61.5 Å². The van der Waals surface area contributed by atoms with Crippen molar-refractivity contribution in [2.45, 2.75) is 26.4 Å². The van der Waals surface area contributed by atoms with E-state index in [1.54, 1.807) is 17.9 Å². The lowest BCUT2D eigenvalue weighted by atomic mass is 10.0. The maximum atomic E-state index is 13.3. The van der Waals surface area contributed by atoms with Gasteiger partial charge in [-0.1, -0.05) is 49.1 Å². The van der Waals surface area contributed by atoms with Gasteiger partial charge in [0.2, 0.25) is 0 Å². The second-order valence-electron chi connectivity index (χ2n) is 8.57. The van der Waals surface area contributed by atoms with Gasteiger partial charge in [0.1, 0.15) is 17.5 Å². The third-order valence-electron chi connectivity index (χ3n) is 6.08. The third-order valence-corrected chi connectivity index (χ3v) is 6.08. The summed E-state index contributed by atoms with van der Waals surface area (Å²) in [5, 5.41) is 8.46. The molecule has 0 aliphatic carbocycles. The summed E-state index contributed by atoms with van der Waals surface area (Å²) in [6.45, 7) is 4.59. The highest BCUT2D eigenvalue weighted by molar-refractivity contribution is 6.02. The number of aromatic nitrogens is 3. The molecule has 4 aromatic rings. The van der Waals surface area contributed by atoms with Crippen LogP contribution in [0.3, 0.4) is 0 Å². The highest BCUT2D eigenvalue weighted by Crippen LogP contribution is 2.23. The molecular weight excluding hydrogens is 480 g/mol. The van der Waals surface area contributed by atoms with Crippen LogP contribution in [0.25, 0.3) is 22.7 Å². The standard InChI is InChI=1S/C22H21NO2.C7H9N5O/c1-4-19-15-18-10-8-9-17(14-13-16(2)25-3)21(18)22(24)23(19)20-11-6-5-7-12-20;8-5-4(6(9)13)7-10-2-1-3-12(7)11-5/h5-12,15-16H,4H2,1-3H3;1,3,10H,2H2,(H2,8,11)(H2,9,13). The number of nitrogens with one attached hydrogen (secondary N) is 1. The molecule has 0 bridgehead atoms. The van der Waals surface area contributed by atoms with E-state index in [1.165, 1.54) is 4.68 Å². The third kappa shape index (κ3) is 5.31. The van der Waals surface area contributed by atoms with E-state index in [0.717, 1.165) is 28.8 Å². The van der Waals surface area contributed by atoms with E-state index in [2.05, 4.69) is 35.2 Å². The molecule has 194 valence electrons. The van der Waals surface area contributed by atoms with Crippen LogP contribution in [-0.4, -0.2) is 40.0 Å². The number of nitrogens with two attached hydrogens (primary N) is 2. The minimum absolute atomic E-state index is 0.0319. The Morgan fingerprint density at radius 2 is 1.97 bits per heavy atom. The molecular formula is C29H30N6O3. The zero-order chi connectivity index (χ0) is 27.2. The van der Waals surface area contributed by atoms with Gasteiger partial charge in [-0.05, 0) is 49.1 Å². The molecule has 0 saturated carbocycles. The van der Waals surface area contributed by atoms with Crippen LogP contribution in [0.2, 0.25) is 0 Å². The Morgan fingerprint density at radius 1 is 1.21 bits per heavy atom. The minimum Gasteiger partial charge on any atom is -0.381 e. The maximum absolute atomic E-state index is 13.3. The number of carbonyl (C=O) groups is 1. The molecule has 38 heavy (non-hydrogen) atoms. The summed E-state index contributed by atoms with van der Waals surface area (Å²) in [4.78, 5) is 24.3. The van der Waals surface area contributed by atoms with Gasteiger partial charge < -0.3 is 21.5 Å². The Hall–Kier alpha value is -4.81. The molecule has 1 atom stereocenters. The number of primary amides is 1. The molecule has 3 heterocycles. The number of hydrogen-bond acceptors (Lipinski definition) is 6. The molecule has 1 amide bonds. The highest BCUT2D eigenvalue weighted by atomic mass is 16.5. The first-order valence-electron chi connectivity index (χ1n) is 12.2. The first kappa shape index (κ1) is 26.3. The summed E-state index contributed by atoms with van der Waals surface area (Å²) in [7, 11) is 1.62. The number of ether oxygens (including phenoxy) is 1. The van der Waals surface area contributed by atoms with Crippen molar-refractivity contribution in [2.75, 3.05) is 24.7 Å². The monoisotopic (exact) mass is 510 g/mol. The Bertz CT molecular complexity index is 1620. The van der Waals surface area contributed by atoms with Gasteiger partial charge >= 0.3 is 0 Å². The molecule has 2 aromatic carbocycles. The fourth-order valence-electron chi connectivity index (χ4n) is 4.16. The van der Waals surface area contributed by atoms with E-state index in [9.17, 15) is 9.59 Å². The maximum Gasteiger partial charge on any atom is 0.264 e. The van der Waals surface area contributed by atoms with E-state index in [-0.39, 0.29) is 23.0 Å². The van der Waals surface area contributed by atoms with Gasteiger partial charge in [0, 0.05) is 36.8 Å². The number of pyridine rings is 1. The van der Waals surface area contributed by atoms with Gasteiger partial charge in [0.05, 0.1) is 5.39 Å². The summed E-state index contributed by atoms with van der Waals surface area (Å²) >= 11 is 0. The number of benzene rings is 2. The predicted molar refractivity (Wildman–Crippen MR) is 151 cm³/mol. The smallest absolute Gasteiger partial charge is 0.264 e. The second kappa shape index (κ2) is 11.5. The van der Waals surface area contributed by atoms with E-state index in [4.69, 9.17) is 16.2 Å². The minimum atomic E-state index is -0.568. The van der Waals surface area contributed by atoms with Crippen molar-refractivity contribution in [3.05, 3.63) is 87.8 Å². The fourth-order valence-corrected chi connectivity index (χ4v) is 4.16. The van der Waals surface area contributed by atoms with E-state index < -0.39 is 5.91 Å². The van der Waals surface area contributed by atoms with Crippen LogP contribution in [0.5, 0.6) is 0 Å². The molecule has 1 aliphatic rings. The molecule has 0 saturated heterocycles. The van der Waals surface area contributed by atoms with Crippen molar-refractivity contribution in [3.63, 3.8) is 0 Å². The number of nitrogen functional groups attached to an aromatic ring is 1. The molecule has 9 heteroatoms. The number of nitrogens with zero attached hydrogens (tertiary/aromatic N) is 3. The number of aryl methyl sites for hydroxylation is 1. The van der Waals surface area contributed by atoms with Crippen molar-refractivity contribution in [1.29, 1.82) is 0 Å². The van der Waals surface area contributed by atoms with Crippen molar-refractivity contribution in [1.82, 2.24) is 14.3 Å². The number of para-hydroxylation sites is 1. The SMILES string of the molecule is CCc1cc2cccc(C#CC(C)OC)c2c(=O)n1-c1ccccc1.NC(=O)c1c(N)nn2c1NCC=C2. The van der Waals surface area contributed by atoms with Gasteiger partial charge in [-0.2, -0.15) is 0 Å². The van der Waals surface area contributed by atoms with Crippen molar-refractivity contribution >= 4 is 34.5 Å². The molecule has 0 spiro atoms. The van der Waals surface area contributed by atoms with E-state index >= 15 is 0 Å². The lowest BCUT2D eigenvalue weighted by Crippen LogP contribution is -2.22. The summed E-state index contributed by atoms with van der Waals surface area (Å²) in [5.74, 6) is 6.29. The number of amides is 1. The number of rotatable bonds is 4. The molecule has 0 fully saturated rings. The van der Waals surface area contributed by atoms with Gasteiger partial charge in [-0.15, -0.1) is 5.10 Å². The number of hydrogen-bond donors (Lipinski definition) is 3. The predicted octanol–water partition coefficient (Wildman–Crippen LogP) is 3.40. The Balaban J connectivity index is 0.000000216. The van der Waals surface area contributed by atoms with Crippen LogP contribution in [0.15, 0.2) is 65.5 Å². The normalized spacial score (nSPS) is 12.4. The van der Waals surface area contributed by atoms with Crippen LogP contribution in [-0.2, 0) is 11.2 Å². The van der Waals surface area contributed by atoms with Crippen LogP contribution >= 0.6 is 0 Å². The fraction of sp³-hybridized carbons (Fsp3) is 0.207. The first-order valence-corrected chi connectivity index (χ1v) is 12.2. The number of fused-ring (bicyclic) bond motifs is 2. The molecule has 1 aliphatic heterocycles. The Morgan fingerprint density at radius 3 is 2.66 bits per heavy atom. The Labute approximate surface area is 220 Å². The van der Waals surface area contributed by atoms with Crippen molar-refractivity contribution in [3.8, 4) is 17.5 Å². The van der Waals surface area contributed by atoms with Crippen LogP contribution in [0.4, 0.5) is 11.6 Å². The van der Waals surface area contributed by atoms with E-state index in [0.29, 0.717) is 17.7 Å². The van der Waals surface area contributed by atoms with Crippen LogP contribution in [0, 0.1) is 11.8 Å². The summed E-state index contributed by atoms with van der Waals surface area (Å²) < 4.78 is 8.47. The summed E-state index contributed by atoms with van der Waals surface area (Å²) in [5.41, 5.74) is 13.5. The molecule has 1 unspecified atom stereocenters. The van der Waals surface area contributed by atoms with Crippen LogP contribution in [0.1, 0.15) is 35.5 Å². The second-order valence-corrected chi connectivity index (χ2v) is 8.57. The largest absolute Gasteiger partial charge is 0.381 e. The molecule has 5 N–H and O–H groups in total. The zero-order valence-corrected chi connectivity index (χ0v) is 21.6. The Kier molecular flexibility index (Phi) is 7.94. The van der Waals surface area contributed by atoms with Crippen LogP contribution < -0.4 is 22.3 Å². The molecule has 0 radical (unpaired) electrons. The number of methoxy groups -OCH3 is 1. The van der Waals surface area contributed by atoms with Crippen molar-refractivity contribution < 1.29 is 9.53 Å². The molecule has 5 rings (SSSR count). The molecule has 2 aromatic heterocycles. The lowest BCUT2D eigenvalue weighted by molar-refractivity contribution is 0.100. The number of anilines is 2. The molecule has 9 nitrogen and oxygen atoms in total. The average Bonchev–Trinajstić information content (AvgIpc) is 3.28. The van der Waals surface area contributed by atoms with Gasteiger partial charge in [0.15, 0.2) is 5.82 Å². The topological polar surface area (TPSA) is 130 Å². The zero-order valence-electron chi connectivity index (χ0n) is 21.6. The first-order chi connectivity index (χ1) is 18.3.